The molecular weight excluding hydrogens is 291 g/mol. The van der Waals surface area contributed by atoms with Gasteiger partial charge in [-0.15, -0.1) is 0 Å². The van der Waals surface area contributed by atoms with E-state index in [1.54, 1.807) is 0 Å². The van der Waals surface area contributed by atoms with E-state index in [1.165, 1.54) is 25.3 Å². The summed E-state index contributed by atoms with van der Waals surface area (Å²) in [5, 5.41) is 2.87. The lowest BCUT2D eigenvalue weighted by atomic mass is 9.97. The molecule has 0 amide bonds. The number of nitrogens with one attached hydrogen (secondary N) is 1. The van der Waals surface area contributed by atoms with Crippen molar-refractivity contribution in [1.29, 1.82) is 0 Å². The molecule has 0 aliphatic heterocycles. The average molecular weight is 308 g/mol. The van der Waals surface area contributed by atoms with E-state index in [0.29, 0.717) is 0 Å². The Morgan fingerprint density at radius 1 is 1.05 bits per heavy atom. The number of anilines is 1. The highest BCUT2D eigenvalue weighted by Crippen LogP contribution is 2.29. The molecule has 1 heterocycles. The fourth-order valence-corrected chi connectivity index (χ4v) is 2.61. The summed E-state index contributed by atoms with van der Waals surface area (Å²) in [4.78, 5) is 6.74. The van der Waals surface area contributed by atoms with Gasteiger partial charge in [0.1, 0.15) is 11.0 Å². The highest BCUT2D eigenvalue weighted by Gasteiger charge is 2.35. The highest BCUT2D eigenvalue weighted by molar-refractivity contribution is 6.29. The van der Waals surface area contributed by atoms with Crippen LogP contribution >= 0.6 is 11.6 Å². The minimum absolute atomic E-state index is 0.155. The summed E-state index contributed by atoms with van der Waals surface area (Å²) >= 11 is 5.64. The Hall–Kier alpha value is -1.04. The molecule has 1 aromatic rings. The smallest absolute Gasteiger partial charge is 0.367 e. The SMILES string of the molecule is FC(F)(F)c1nc(Cl)cc(NC2CCCCCCC2)n1. The molecule has 20 heavy (non-hydrogen) atoms. The van der Waals surface area contributed by atoms with Crippen LogP contribution in [0, 0.1) is 0 Å². The van der Waals surface area contributed by atoms with Gasteiger partial charge in [-0.05, 0) is 12.8 Å². The van der Waals surface area contributed by atoms with Crippen LogP contribution in [0.4, 0.5) is 19.0 Å². The first kappa shape index (κ1) is 15.4. The Morgan fingerprint density at radius 2 is 1.65 bits per heavy atom. The molecule has 1 fully saturated rings. The summed E-state index contributed by atoms with van der Waals surface area (Å²) in [5.74, 6) is -1.04. The molecule has 0 spiro atoms. The first-order valence-electron chi connectivity index (χ1n) is 6.83. The summed E-state index contributed by atoms with van der Waals surface area (Å²) in [5.41, 5.74) is 0. The minimum Gasteiger partial charge on any atom is -0.367 e. The molecule has 1 N–H and O–H groups in total. The zero-order valence-corrected chi connectivity index (χ0v) is 11.8. The predicted octanol–water partition coefficient (Wildman–Crippen LogP) is 4.67. The highest BCUT2D eigenvalue weighted by atomic mass is 35.5. The van der Waals surface area contributed by atoms with E-state index in [9.17, 15) is 13.2 Å². The number of hydrogen-bond donors (Lipinski definition) is 1. The zero-order chi connectivity index (χ0) is 14.6. The summed E-state index contributed by atoms with van der Waals surface area (Å²) in [6, 6.07) is 1.50. The molecule has 0 unspecified atom stereocenters. The largest absolute Gasteiger partial charge is 0.451 e. The van der Waals surface area contributed by atoms with Gasteiger partial charge in [-0.2, -0.15) is 13.2 Å². The van der Waals surface area contributed by atoms with Crippen molar-refractivity contribution < 1.29 is 13.2 Å². The van der Waals surface area contributed by atoms with E-state index >= 15 is 0 Å². The van der Waals surface area contributed by atoms with Gasteiger partial charge in [0, 0.05) is 12.1 Å². The lowest BCUT2D eigenvalue weighted by molar-refractivity contribution is -0.144. The Morgan fingerprint density at radius 3 is 2.25 bits per heavy atom. The summed E-state index contributed by atoms with van der Waals surface area (Å²) in [6.45, 7) is 0. The van der Waals surface area contributed by atoms with Crippen LogP contribution in [0.25, 0.3) is 0 Å². The first-order chi connectivity index (χ1) is 9.45. The molecule has 2 rings (SSSR count). The van der Waals surface area contributed by atoms with Crippen molar-refractivity contribution in [3.8, 4) is 0 Å². The lowest BCUT2D eigenvalue weighted by Crippen LogP contribution is -2.22. The molecule has 1 aliphatic carbocycles. The van der Waals surface area contributed by atoms with Crippen molar-refractivity contribution in [2.75, 3.05) is 5.32 Å². The van der Waals surface area contributed by atoms with Crippen molar-refractivity contribution in [3.63, 3.8) is 0 Å². The summed E-state index contributed by atoms with van der Waals surface area (Å²) < 4.78 is 37.9. The number of rotatable bonds is 2. The van der Waals surface area contributed by atoms with Crippen molar-refractivity contribution in [2.24, 2.45) is 0 Å². The van der Waals surface area contributed by atoms with E-state index < -0.39 is 12.0 Å². The number of aromatic nitrogens is 2. The second kappa shape index (κ2) is 6.61. The fourth-order valence-electron chi connectivity index (χ4n) is 2.43. The predicted molar refractivity (Wildman–Crippen MR) is 71.8 cm³/mol. The van der Waals surface area contributed by atoms with Gasteiger partial charge in [0.15, 0.2) is 0 Å². The van der Waals surface area contributed by atoms with E-state index in [1.807, 2.05) is 0 Å². The Kier molecular flexibility index (Phi) is 5.07. The van der Waals surface area contributed by atoms with Crippen LogP contribution < -0.4 is 5.32 Å². The third-order valence-electron chi connectivity index (χ3n) is 3.41. The van der Waals surface area contributed by atoms with Crippen LogP contribution in [-0.2, 0) is 6.18 Å². The van der Waals surface area contributed by atoms with E-state index in [4.69, 9.17) is 11.6 Å². The molecule has 3 nitrogen and oxygen atoms in total. The number of hydrogen-bond acceptors (Lipinski definition) is 3. The van der Waals surface area contributed by atoms with Gasteiger partial charge >= 0.3 is 6.18 Å². The maximum Gasteiger partial charge on any atom is 0.451 e. The van der Waals surface area contributed by atoms with Crippen LogP contribution in [0.1, 0.15) is 50.8 Å². The molecule has 0 bridgehead atoms. The topological polar surface area (TPSA) is 37.8 Å². The number of alkyl halides is 3. The second-order valence-electron chi connectivity index (χ2n) is 5.08. The van der Waals surface area contributed by atoms with Gasteiger partial charge in [0.05, 0.1) is 0 Å². The van der Waals surface area contributed by atoms with Gasteiger partial charge in [0.25, 0.3) is 0 Å². The van der Waals surface area contributed by atoms with Crippen molar-refractivity contribution in [3.05, 3.63) is 17.0 Å². The fraction of sp³-hybridized carbons (Fsp3) is 0.692. The van der Waals surface area contributed by atoms with Gasteiger partial charge in [-0.1, -0.05) is 43.7 Å². The summed E-state index contributed by atoms with van der Waals surface area (Å²) in [6.07, 6.45) is 3.08. The van der Waals surface area contributed by atoms with Gasteiger partial charge in [0.2, 0.25) is 5.82 Å². The molecule has 0 atom stereocenters. The Labute approximate surface area is 120 Å². The van der Waals surface area contributed by atoms with Gasteiger partial charge in [-0.25, -0.2) is 9.97 Å². The third-order valence-corrected chi connectivity index (χ3v) is 3.60. The Bertz CT molecular complexity index is 443. The maximum atomic E-state index is 12.6. The lowest BCUT2D eigenvalue weighted by Gasteiger charge is -2.22. The van der Waals surface area contributed by atoms with E-state index in [0.717, 1.165) is 25.7 Å². The normalized spacial score (nSPS) is 18.4. The van der Waals surface area contributed by atoms with Crippen LogP contribution in [-0.4, -0.2) is 16.0 Å². The quantitative estimate of drug-likeness (QED) is 0.807. The zero-order valence-electron chi connectivity index (χ0n) is 11.0. The molecule has 7 heteroatoms. The van der Waals surface area contributed by atoms with Crippen LogP contribution in [0.3, 0.4) is 0 Å². The molecule has 1 aliphatic rings. The molecule has 1 aromatic heterocycles. The van der Waals surface area contributed by atoms with Crippen LogP contribution in [0.15, 0.2) is 6.07 Å². The van der Waals surface area contributed by atoms with Crippen LogP contribution in [0.5, 0.6) is 0 Å². The van der Waals surface area contributed by atoms with E-state index in [-0.39, 0.29) is 17.0 Å². The van der Waals surface area contributed by atoms with Gasteiger partial charge < -0.3 is 5.32 Å². The molecule has 0 saturated heterocycles. The molecule has 0 aromatic carbocycles. The average Bonchev–Trinajstić information content (AvgIpc) is 2.30. The molecule has 112 valence electrons. The monoisotopic (exact) mass is 307 g/mol. The van der Waals surface area contributed by atoms with Crippen LogP contribution in [0.2, 0.25) is 5.15 Å². The first-order valence-corrected chi connectivity index (χ1v) is 7.21. The Balaban J connectivity index is 2.09. The van der Waals surface area contributed by atoms with E-state index in [2.05, 4.69) is 15.3 Å². The number of halogens is 4. The summed E-state index contributed by atoms with van der Waals surface area (Å²) in [7, 11) is 0. The van der Waals surface area contributed by atoms with Gasteiger partial charge in [-0.3, -0.25) is 0 Å². The standard InChI is InChI=1S/C13H17ClF3N3/c14-10-8-11(20-12(19-10)13(15,16)17)18-9-6-4-2-1-3-5-7-9/h8-9H,1-7H2,(H,18,19,20). The minimum atomic E-state index is -4.58. The van der Waals surface area contributed by atoms with Crippen molar-refractivity contribution in [1.82, 2.24) is 9.97 Å². The van der Waals surface area contributed by atoms with Crippen molar-refractivity contribution in [2.45, 2.75) is 57.2 Å². The molecule has 0 radical (unpaired) electrons. The molecule has 1 saturated carbocycles. The molecular formula is C13H17ClF3N3. The van der Waals surface area contributed by atoms with Crippen molar-refractivity contribution >= 4 is 17.4 Å². The third kappa shape index (κ3) is 4.51. The second-order valence-corrected chi connectivity index (χ2v) is 5.47. The number of nitrogens with zero attached hydrogens (tertiary/aromatic N) is 2. The maximum absolute atomic E-state index is 12.6.